The zero-order valence-electron chi connectivity index (χ0n) is 9.07. The van der Waals surface area contributed by atoms with E-state index in [1.165, 1.54) is 7.11 Å². The Bertz CT molecular complexity index is 363. The van der Waals surface area contributed by atoms with Crippen molar-refractivity contribution in [3.63, 3.8) is 0 Å². The molecule has 4 nitrogen and oxygen atoms in total. The molecule has 0 fully saturated rings. The number of phenols is 1. The molecule has 0 spiro atoms. The molecule has 1 aromatic rings. The molecule has 1 amide bonds. The molecule has 0 radical (unpaired) electrons. The van der Waals surface area contributed by atoms with Crippen LogP contribution < -0.4 is 5.32 Å². The number of nitrogens with one attached hydrogen (secondary N) is 1. The summed E-state index contributed by atoms with van der Waals surface area (Å²) in [7, 11) is 1.46. The van der Waals surface area contributed by atoms with E-state index >= 15 is 0 Å². The molecule has 2 N–H and O–H groups in total. The molecule has 0 bridgehead atoms. The van der Waals surface area contributed by atoms with E-state index < -0.39 is 6.10 Å². The van der Waals surface area contributed by atoms with Gasteiger partial charge in [0, 0.05) is 7.11 Å². The van der Waals surface area contributed by atoms with Gasteiger partial charge in [0.1, 0.15) is 11.9 Å². The summed E-state index contributed by atoms with van der Waals surface area (Å²) in [5.41, 5.74) is 1.33. The van der Waals surface area contributed by atoms with Gasteiger partial charge in [-0.3, -0.25) is 4.79 Å². The lowest BCUT2D eigenvalue weighted by molar-refractivity contribution is -0.124. The van der Waals surface area contributed by atoms with E-state index in [2.05, 4.69) is 5.32 Å². The van der Waals surface area contributed by atoms with Crippen LogP contribution in [0.15, 0.2) is 18.2 Å². The number of hydrogen-bond donors (Lipinski definition) is 2. The molecule has 82 valence electrons. The van der Waals surface area contributed by atoms with Crippen molar-refractivity contribution in [3.8, 4) is 5.75 Å². The zero-order chi connectivity index (χ0) is 11.4. The van der Waals surface area contributed by atoms with Crippen molar-refractivity contribution < 1.29 is 14.6 Å². The third-order valence-corrected chi connectivity index (χ3v) is 2.13. The molecular weight excluding hydrogens is 194 g/mol. The van der Waals surface area contributed by atoms with Gasteiger partial charge in [-0.15, -0.1) is 0 Å². The maximum atomic E-state index is 11.4. The fourth-order valence-electron chi connectivity index (χ4n) is 1.09. The van der Waals surface area contributed by atoms with Crippen molar-refractivity contribution in [1.29, 1.82) is 0 Å². The van der Waals surface area contributed by atoms with Crippen LogP contribution in [0.2, 0.25) is 0 Å². The van der Waals surface area contributed by atoms with E-state index in [9.17, 15) is 9.90 Å². The third kappa shape index (κ3) is 2.95. The molecule has 4 heteroatoms. The minimum Gasteiger partial charge on any atom is -0.506 e. The Balaban J connectivity index is 2.77. The molecule has 1 aromatic carbocycles. The number of methoxy groups -OCH3 is 1. The van der Waals surface area contributed by atoms with Gasteiger partial charge in [-0.25, -0.2) is 0 Å². The molecule has 0 heterocycles. The number of carbonyl (C=O) groups is 1. The van der Waals surface area contributed by atoms with Crippen LogP contribution in [-0.2, 0) is 9.53 Å². The van der Waals surface area contributed by atoms with Gasteiger partial charge >= 0.3 is 0 Å². The average molecular weight is 209 g/mol. The number of benzene rings is 1. The first kappa shape index (κ1) is 11.5. The Labute approximate surface area is 88.9 Å². The number of amides is 1. The Morgan fingerprint density at radius 1 is 1.53 bits per heavy atom. The fraction of sp³-hybridized carbons (Fsp3) is 0.364. The van der Waals surface area contributed by atoms with Gasteiger partial charge in [-0.05, 0) is 31.5 Å². The summed E-state index contributed by atoms with van der Waals surface area (Å²) < 4.78 is 4.85. The standard InChI is InChI=1S/C11H15NO3/c1-7-4-5-9(10(13)6-7)12-11(14)8(2)15-3/h4-6,8,13H,1-3H3,(H,12,14). The number of phenolic OH excluding ortho intramolecular Hbond substituents is 1. The molecule has 0 aliphatic rings. The third-order valence-electron chi connectivity index (χ3n) is 2.13. The van der Waals surface area contributed by atoms with Gasteiger partial charge < -0.3 is 15.2 Å². The number of anilines is 1. The molecule has 0 saturated heterocycles. The molecular formula is C11H15NO3. The highest BCUT2D eigenvalue weighted by atomic mass is 16.5. The summed E-state index contributed by atoms with van der Waals surface area (Å²) in [6, 6.07) is 5.06. The Morgan fingerprint density at radius 3 is 2.73 bits per heavy atom. The Morgan fingerprint density at radius 2 is 2.20 bits per heavy atom. The predicted octanol–water partition coefficient (Wildman–Crippen LogP) is 1.67. The first-order valence-corrected chi connectivity index (χ1v) is 4.68. The van der Waals surface area contributed by atoms with Crippen molar-refractivity contribution in [2.24, 2.45) is 0 Å². The van der Waals surface area contributed by atoms with Crippen LogP contribution in [0.5, 0.6) is 5.75 Å². The maximum absolute atomic E-state index is 11.4. The molecule has 1 rings (SSSR count). The second-order valence-corrected chi connectivity index (χ2v) is 3.39. The average Bonchev–Trinajstić information content (AvgIpc) is 2.20. The zero-order valence-corrected chi connectivity index (χ0v) is 9.07. The van der Waals surface area contributed by atoms with Crippen LogP contribution in [0.3, 0.4) is 0 Å². The van der Waals surface area contributed by atoms with E-state index in [0.29, 0.717) is 5.69 Å². The maximum Gasteiger partial charge on any atom is 0.253 e. The summed E-state index contributed by atoms with van der Waals surface area (Å²) in [5.74, 6) is -0.219. The number of hydrogen-bond acceptors (Lipinski definition) is 3. The highest BCUT2D eigenvalue weighted by molar-refractivity contribution is 5.95. The normalized spacial score (nSPS) is 12.2. The van der Waals surface area contributed by atoms with Gasteiger partial charge in [0.25, 0.3) is 5.91 Å². The van der Waals surface area contributed by atoms with Crippen molar-refractivity contribution >= 4 is 11.6 Å². The van der Waals surface area contributed by atoms with Gasteiger partial charge in [0.2, 0.25) is 0 Å². The number of ether oxygens (including phenoxy) is 1. The largest absolute Gasteiger partial charge is 0.506 e. The predicted molar refractivity (Wildman–Crippen MR) is 57.9 cm³/mol. The van der Waals surface area contributed by atoms with Crippen molar-refractivity contribution in [3.05, 3.63) is 23.8 Å². The van der Waals surface area contributed by atoms with Gasteiger partial charge in [0.15, 0.2) is 0 Å². The minimum atomic E-state index is -0.536. The summed E-state index contributed by atoms with van der Waals surface area (Å²) in [5, 5.41) is 12.1. The van der Waals surface area contributed by atoms with Crippen molar-refractivity contribution in [1.82, 2.24) is 0 Å². The molecule has 0 aliphatic heterocycles. The van der Waals surface area contributed by atoms with Crippen LogP contribution in [0.4, 0.5) is 5.69 Å². The van der Waals surface area contributed by atoms with E-state index in [-0.39, 0.29) is 11.7 Å². The summed E-state index contributed by atoms with van der Waals surface area (Å²) >= 11 is 0. The van der Waals surface area contributed by atoms with Crippen molar-refractivity contribution in [2.75, 3.05) is 12.4 Å². The quantitative estimate of drug-likeness (QED) is 0.744. The number of aromatic hydroxyl groups is 1. The molecule has 0 aliphatic carbocycles. The first-order valence-electron chi connectivity index (χ1n) is 4.68. The number of aryl methyl sites for hydroxylation is 1. The van der Waals surface area contributed by atoms with E-state index in [1.807, 2.05) is 13.0 Å². The van der Waals surface area contributed by atoms with Crippen LogP contribution in [0.1, 0.15) is 12.5 Å². The number of rotatable bonds is 3. The lowest BCUT2D eigenvalue weighted by atomic mass is 10.2. The monoisotopic (exact) mass is 209 g/mol. The second kappa shape index (κ2) is 4.79. The molecule has 15 heavy (non-hydrogen) atoms. The molecule has 1 unspecified atom stereocenters. The Kier molecular flexibility index (Phi) is 3.68. The molecule has 1 atom stereocenters. The molecule has 0 aromatic heterocycles. The van der Waals surface area contributed by atoms with E-state index in [4.69, 9.17) is 4.74 Å². The number of carbonyl (C=O) groups excluding carboxylic acids is 1. The highest BCUT2D eigenvalue weighted by Crippen LogP contribution is 2.23. The lowest BCUT2D eigenvalue weighted by Gasteiger charge is -2.11. The van der Waals surface area contributed by atoms with Crippen LogP contribution in [0.25, 0.3) is 0 Å². The van der Waals surface area contributed by atoms with Crippen LogP contribution >= 0.6 is 0 Å². The fourth-order valence-corrected chi connectivity index (χ4v) is 1.09. The van der Waals surface area contributed by atoms with Gasteiger partial charge in [-0.2, -0.15) is 0 Å². The van der Waals surface area contributed by atoms with Crippen LogP contribution in [0, 0.1) is 6.92 Å². The van der Waals surface area contributed by atoms with Gasteiger partial charge in [0.05, 0.1) is 5.69 Å². The second-order valence-electron chi connectivity index (χ2n) is 3.39. The van der Waals surface area contributed by atoms with E-state index in [1.54, 1.807) is 19.1 Å². The van der Waals surface area contributed by atoms with E-state index in [0.717, 1.165) is 5.56 Å². The summed E-state index contributed by atoms with van der Waals surface area (Å²) in [4.78, 5) is 11.4. The minimum absolute atomic E-state index is 0.0617. The SMILES string of the molecule is COC(C)C(=O)Nc1ccc(C)cc1O. The topological polar surface area (TPSA) is 58.6 Å². The summed E-state index contributed by atoms with van der Waals surface area (Å²) in [6.45, 7) is 3.50. The smallest absolute Gasteiger partial charge is 0.253 e. The van der Waals surface area contributed by atoms with Crippen LogP contribution in [-0.4, -0.2) is 24.2 Å². The molecule has 0 saturated carbocycles. The first-order chi connectivity index (χ1) is 7.04. The highest BCUT2D eigenvalue weighted by Gasteiger charge is 2.13. The van der Waals surface area contributed by atoms with Crippen molar-refractivity contribution in [2.45, 2.75) is 20.0 Å². The van der Waals surface area contributed by atoms with Gasteiger partial charge in [-0.1, -0.05) is 6.07 Å². The summed E-state index contributed by atoms with van der Waals surface area (Å²) in [6.07, 6.45) is -0.536. The Hall–Kier alpha value is -1.55. The lowest BCUT2D eigenvalue weighted by Crippen LogP contribution is -2.26.